The molecule has 1 aromatic heterocycles. The molecular weight excluding hydrogens is 186 g/mol. The molecule has 7 nitrogen and oxygen atoms in total. The number of nitrogens with zero attached hydrogens (tertiary/aromatic N) is 3. The van der Waals surface area contributed by atoms with E-state index in [1.165, 1.54) is 6.33 Å². The molecule has 0 amide bonds. The molecule has 0 spiro atoms. The van der Waals surface area contributed by atoms with Crippen LogP contribution >= 0.6 is 0 Å². The van der Waals surface area contributed by atoms with Crippen molar-refractivity contribution in [3.8, 4) is 0 Å². The van der Waals surface area contributed by atoms with Gasteiger partial charge in [-0.3, -0.25) is 0 Å². The van der Waals surface area contributed by atoms with Crippen LogP contribution in [0.5, 0.6) is 0 Å². The zero-order valence-electron chi connectivity index (χ0n) is 7.63. The van der Waals surface area contributed by atoms with Gasteiger partial charge in [0.15, 0.2) is 5.82 Å². The van der Waals surface area contributed by atoms with Crippen molar-refractivity contribution in [1.29, 1.82) is 0 Å². The van der Waals surface area contributed by atoms with Gasteiger partial charge < -0.3 is 21.3 Å². The van der Waals surface area contributed by atoms with E-state index in [2.05, 4.69) is 15.0 Å². The Balaban J connectivity index is 2.47. The molecule has 1 heterocycles. The summed E-state index contributed by atoms with van der Waals surface area (Å²) in [5.74, 6) is 0.517. The Morgan fingerprint density at radius 1 is 1.50 bits per heavy atom. The third-order valence-electron chi connectivity index (χ3n) is 1.47. The molecule has 0 aliphatic carbocycles. The van der Waals surface area contributed by atoms with Gasteiger partial charge in [-0.1, -0.05) is 0 Å². The zero-order valence-corrected chi connectivity index (χ0v) is 7.63. The van der Waals surface area contributed by atoms with Gasteiger partial charge in [-0.25, -0.2) is 9.97 Å². The summed E-state index contributed by atoms with van der Waals surface area (Å²) in [6.07, 6.45) is 1.30. The number of ether oxygens (including phenoxy) is 1. The summed E-state index contributed by atoms with van der Waals surface area (Å²) in [4.78, 5) is 11.3. The van der Waals surface area contributed by atoms with Crippen molar-refractivity contribution in [3.05, 3.63) is 12.2 Å². The van der Waals surface area contributed by atoms with Crippen LogP contribution in [0.4, 0.5) is 5.95 Å². The third-order valence-corrected chi connectivity index (χ3v) is 1.47. The molecule has 1 aromatic rings. The fraction of sp³-hybridized carbons (Fsp3) is 0.571. The highest BCUT2D eigenvalue weighted by Gasteiger charge is 2.09. The molecule has 0 bridgehead atoms. The molecule has 1 rings (SSSR count). The number of hydrogen-bond acceptors (Lipinski definition) is 7. The molecule has 7 heteroatoms. The lowest BCUT2D eigenvalue weighted by Crippen LogP contribution is -2.21. The third kappa shape index (κ3) is 3.21. The van der Waals surface area contributed by atoms with Crippen LogP contribution in [-0.4, -0.2) is 39.9 Å². The van der Waals surface area contributed by atoms with Gasteiger partial charge >= 0.3 is 0 Å². The molecule has 0 aliphatic heterocycles. The molecular formula is C7H13N5O2. The van der Waals surface area contributed by atoms with Crippen LogP contribution in [0.25, 0.3) is 0 Å². The molecule has 0 saturated carbocycles. The number of hydrogen-bond donors (Lipinski definition) is 3. The van der Waals surface area contributed by atoms with Crippen molar-refractivity contribution in [2.24, 2.45) is 5.73 Å². The van der Waals surface area contributed by atoms with Crippen LogP contribution in [-0.2, 0) is 4.74 Å². The van der Waals surface area contributed by atoms with Crippen LogP contribution in [0.15, 0.2) is 6.33 Å². The second-order valence-electron chi connectivity index (χ2n) is 2.61. The number of aromatic nitrogens is 3. The summed E-state index contributed by atoms with van der Waals surface area (Å²) in [5, 5.41) is 8.47. The maximum atomic E-state index is 8.47. The first-order valence-corrected chi connectivity index (χ1v) is 4.12. The van der Waals surface area contributed by atoms with Gasteiger partial charge in [-0.2, -0.15) is 4.98 Å². The Morgan fingerprint density at radius 3 is 2.93 bits per heavy atom. The Bertz CT molecular complexity index is 283. The first kappa shape index (κ1) is 10.8. The van der Waals surface area contributed by atoms with Crippen molar-refractivity contribution < 1.29 is 9.84 Å². The minimum atomic E-state index is -0.452. The quantitative estimate of drug-likeness (QED) is 0.491. The van der Waals surface area contributed by atoms with E-state index in [0.717, 1.165) is 0 Å². The van der Waals surface area contributed by atoms with Gasteiger partial charge in [0.25, 0.3) is 0 Å². The highest BCUT2D eigenvalue weighted by atomic mass is 16.5. The number of aliphatic hydroxyl groups excluding tert-OH is 1. The highest BCUT2D eigenvalue weighted by molar-refractivity contribution is 5.13. The van der Waals surface area contributed by atoms with Crippen LogP contribution < -0.4 is 11.5 Å². The van der Waals surface area contributed by atoms with E-state index < -0.39 is 6.04 Å². The zero-order chi connectivity index (χ0) is 10.4. The lowest BCUT2D eigenvalue weighted by atomic mass is 10.3. The summed E-state index contributed by atoms with van der Waals surface area (Å²) in [5.41, 5.74) is 11.0. The number of anilines is 1. The second-order valence-corrected chi connectivity index (χ2v) is 2.61. The van der Waals surface area contributed by atoms with Crippen molar-refractivity contribution in [1.82, 2.24) is 15.0 Å². The molecule has 78 valence electrons. The predicted octanol–water partition coefficient (Wildman–Crippen LogP) is -1.54. The maximum Gasteiger partial charge on any atom is 0.223 e. The molecule has 0 radical (unpaired) electrons. The van der Waals surface area contributed by atoms with Gasteiger partial charge in [-0.15, -0.1) is 0 Å². The molecule has 5 N–H and O–H groups in total. The highest BCUT2D eigenvalue weighted by Crippen LogP contribution is 2.03. The van der Waals surface area contributed by atoms with Gasteiger partial charge in [0.1, 0.15) is 6.33 Å². The minimum Gasteiger partial charge on any atom is -0.394 e. The average molecular weight is 199 g/mol. The lowest BCUT2D eigenvalue weighted by molar-refractivity contribution is 0.0819. The van der Waals surface area contributed by atoms with Gasteiger partial charge in [0, 0.05) is 0 Å². The SMILES string of the molecule is Nc1ncnc(C(N)COCCO)n1. The first-order chi connectivity index (χ1) is 6.74. The van der Waals surface area contributed by atoms with Gasteiger partial charge in [-0.05, 0) is 0 Å². The summed E-state index contributed by atoms with van der Waals surface area (Å²) >= 11 is 0. The smallest absolute Gasteiger partial charge is 0.223 e. The monoisotopic (exact) mass is 199 g/mol. The van der Waals surface area contributed by atoms with E-state index in [9.17, 15) is 0 Å². The van der Waals surface area contributed by atoms with Crippen LogP contribution in [0.2, 0.25) is 0 Å². The molecule has 0 fully saturated rings. The van der Waals surface area contributed by atoms with Crippen molar-refractivity contribution in [2.75, 3.05) is 25.6 Å². The van der Waals surface area contributed by atoms with Gasteiger partial charge in [0.05, 0.1) is 25.9 Å². The normalized spacial score (nSPS) is 12.7. The summed E-state index contributed by atoms with van der Waals surface area (Å²) in [6, 6.07) is -0.452. The molecule has 1 atom stereocenters. The number of rotatable bonds is 5. The van der Waals surface area contributed by atoms with E-state index in [1.807, 2.05) is 0 Å². The average Bonchev–Trinajstić information content (AvgIpc) is 2.18. The van der Waals surface area contributed by atoms with E-state index in [-0.39, 0.29) is 25.8 Å². The maximum absolute atomic E-state index is 8.47. The van der Waals surface area contributed by atoms with Crippen LogP contribution in [0.3, 0.4) is 0 Å². The van der Waals surface area contributed by atoms with E-state index >= 15 is 0 Å². The Morgan fingerprint density at radius 2 is 2.29 bits per heavy atom. The Kier molecular flexibility index (Phi) is 4.17. The summed E-state index contributed by atoms with van der Waals surface area (Å²) in [7, 11) is 0. The van der Waals surface area contributed by atoms with Crippen molar-refractivity contribution in [3.63, 3.8) is 0 Å². The van der Waals surface area contributed by atoms with Crippen molar-refractivity contribution in [2.45, 2.75) is 6.04 Å². The van der Waals surface area contributed by atoms with E-state index in [4.69, 9.17) is 21.3 Å². The molecule has 0 aliphatic rings. The number of nitrogens with two attached hydrogens (primary N) is 2. The molecule has 1 unspecified atom stereocenters. The topological polar surface area (TPSA) is 120 Å². The van der Waals surface area contributed by atoms with Gasteiger partial charge in [0.2, 0.25) is 5.95 Å². The predicted molar refractivity (Wildman–Crippen MR) is 49.1 cm³/mol. The molecule has 0 aromatic carbocycles. The number of nitrogen functional groups attached to an aromatic ring is 1. The Hall–Kier alpha value is -1.31. The molecule has 0 saturated heterocycles. The first-order valence-electron chi connectivity index (χ1n) is 4.12. The molecule has 14 heavy (non-hydrogen) atoms. The minimum absolute atomic E-state index is 0.0357. The summed E-state index contributed by atoms with van der Waals surface area (Å²) in [6.45, 7) is 0.449. The van der Waals surface area contributed by atoms with E-state index in [1.54, 1.807) is 0 Å². The van der Waals surface area contributed by atoms with E-state index in [0.29, 0.717) is 5.82 Å². The lowest BCUT2D eigenvalue weighted by Gasteiger charge is -2.09. The fourth-order valence-electron chi connectivity index (χ4n) is 0.850. The number of aliphatic hydroxyl groups is 1. The van der Waals surface area contributed by atoms with Crippen LogP contribution in [0.1, 0.15) is 11.9 Å². The standard InChI is InChI=1S/C7H13N5O2/c8-5(3-14-2-1-13)6-10-4-11-7(9)12-6/h4-5,13H,1-3,8H2,(H2,9,10,11,12). The summed E-state index contributed by atoms with van der Waals surface area (Å²) < 4.78 is 5.02. The van der Waals surface area contributed by atoms with Crippen molar-refractivity contribution >= 4 is 5.95 Å². The second kappa shape index (κ2) is 5.43. The van der Waals surface area contributed by atoms with Crippen LogP contribution in [0, 0.1) is 0 Å². The fourth-order valence-corrected chi connectivity index (χ4v) is 0.850. The largest absolute Gasteiger partial charge is 0.394 e. The Labute approximate surface area is 81.1 Å².